The Kier molecular flexibility index (Phi) is 8.12. The van der Waals surface area contributed by atoms with Crippen LogP contribution in [0.3, 0.4) is 0 Å². The summed E-state index contributed by atoms with van der Waals surface area (Å²) < 4.78 is 40.6. The Bertz CT molecular complexity index is 1620. The van der Waals surface area contributed by atoms with E-state index in [0.717, 1.165) is 17.6 Å². The summed E-state index contributed by atoms with van der Waals surface area (Å²) in [4.78, 5) is 32.3. The van der Waals surface area contributed by atoms with Gasteiger partial charge in [-0.15, -0.1) is 0 Å². The Balaban J connectivity index is 1.51. The zero-order valence-corrected chi connectivity index (χ0v) is 22.6. The first-order valence-corrected chi connectivity index (χ1v) is 14.1. The number of carboxylic acid groups (broad SMARTS) is 1. The zero-order valence-electron chi connectivity index (χ0n) is 20.9. The molecule has 11 nitrogen and oxygen atoms in total. The van der Waals surface area contributed by atoms with Gasteiger partial charge in [0.25, 0.3) is 5.91 Å². The average Bonchev–Trinajstić information content (AvgIpc) is 3.29. The first kappa shape index (κ1) is 27.5. The second kappa shape index (κ2) is 11.5. The summed E-state index contributed by atoms with van der Waals surface area (Å²) >= 11 is 1.06. The number of carbonyl (C=O) groups excluding carboxylic acids is 1. The molecule has 0 saturated carbocycles. The Morgan fingerprint density at radius 1 is 0.897 bits per heavy atom. The minimum Gasteiger partial charge on any atom is -0.491 e. The number of carboxylic acids is 1. The average molecular weight is 570 g/mol. The molecule has 0 atom stereocenters. The molecule has 2 N–H and O–H groups in total. The van der Waals surface area contributed by atoms with E-state index in [1.807, 2.05) is 13.8 Å². The number of thiazole rings is 1. The molecule has 0 fully saturated rings. The van der Waals surface area contributed by atoms with E-state index >= 15 is 0 Å². The molecule has 0 unspecified atom stereocenters. The fourth-order valence-corrected chi connectivity index (χ4v) is 4.47. The van der Waals surface area contributed by atoms with Crippen LogP contribution in [0.5, 0.6) is 28.1 Å². The van der Waals surface area contributed by atoms with Crippen LogP contribution in [0.15, 0.2) is 72.0 Å². The van der Waals surface area contributed by atoms with Crippen LogP contribution in [0.4, 0.5) is 5.13 Å². The molecular weight excluding hydrogens is 546 g/mol. The summed E-state index contributed by atoms with van der Waals surface area (Å²) in [5, 5.41) is 12.3. The lowest BCUT2D eigenvalue weighted by Crippen LogP contribution is -2.13. The molecular formula is C26H23N3O8S2. The van der Waals surface area contributed by atoms with Crippen LogP contribution in [0.2, 0.25) is 0 Å². The molecule has 202 valence electrons. The summed E-state index contributed by atoms with van der Waals surface area (Å²) in [5.74, 6) is -0.330. The van der Waals surface area contributed by atoms with Gasteiger partial charge in [0.15, 0.2) is 20.0 Å². The van der Waals surface area contributed by atoms with Gasteiger partial charge in [-0.3, -0.25) is 10.1 Å². The highest BCUT2D eigenvalue weighted by Gasteiger charge is 2.16. The summed E-state index contributed by atoms with van der Waals surface area (Å²) in [6, 6.07) is 13.4. The van der Waals surface area contributed by atoms with E-state index in [4.69, 9.17) is 19.3 Å². The highest BCUT2D eigenvalue weighted by atomic mass is 32.2. The number of anilines is 1. The number of rotatable bonds is 10. The van der Waals surface area contributed by atoms with E-state index in [-0.39, 0.29) is 38.9 Å². The van der Waals surface area contributed by atoms with Crippen molar-refractivity contribution in [3.63, 3.8) is 0 Å². The highest BCUT2D eigenvalue weighted by Crippen LogP contribution is 2.32. The molecule has 2 aromatic heterocycles. The number of aromatic nitrogens is 2. The van der Waals surface area contributed by atoms with Crippen molar-refractivity contribution in [3.8, 4) is 28.1 Å². The van der Waals surface area contributed by atoms with Gasteiger partial charge in [-0.25, -0.2) is 23.2 Å². The van der Waals surface area contributed by atoms with Crippen molar-refractivity contribution < 1.29 is 37.3 Å². The summed E-state index contributed by atoms with van der Waals surface area (Å²) in [7, 11) is -3.46. The minimum atomic E-state index is -3.46. The van der Waals surface area contributed by atoms with E-state index in [1.54, 1.807) is 24.3 Å². The molecule has 4 rings (SSSR count). The third kappa shape index (κ3) is 7.52. The molecule has 0 bridgehead atoms. The molecule has 2 aromatic carbocycles. The predicted octanol–water partition coefficient (Wildman–Crippen LogP) is 5.26. The van der Waals surface area contributed by atoms with E-state index in [1.165, 1.54) is 42.7 Å². The number of aromatic carboxylic acids is 1. The van der Waals surface area contributed by atoms with Gasteiger partial charge in [-0.05, 0) is 56.3 Å². The number of pyridine rings is 1. The number of nitrogens with one attached hydrogen (secondary N) is 1. The second-order valence-electron chi connectivity index (χ2n) is 8.44. The first-order chi connectivity index (χ1) is 18.5. The molecule has 2 heterocycles. The number of ether oxygens (including phenoxy) is 3. The van der Waals surface area contributed by atoms with Gasteiger partial charge < -0.3 is 19.3 Å². The molecule has 0 aliphatic heterocycles. The second-order valence-corrected chi connectivity index (χ2v) is 11.4. The number of carbonyl (C=O) groups is 2. The molecule has 4 aromatic rings. The van der Waals surface area contributed by atoms with Crippen molar-refractivity contribution >= 4 is 38.2 Å². The number of sulfone groups is 1. The lowest BCUT2D eigenvalue weighted by Gasteiger charge is -2.14. The summed E-state index contributed by atoms with van der Waals surface area (Å²) in [6.45, 7) is 3.68. The van der Waals surface area contributed by atoms with E-state index in [0.29, 0.717) is 16.6 Å². The van der Waals surface area contributed by atoms with E-state index in [2.05, 4.69) is 15.3 Å². The Morgan fingerprint density at radius 3 is 2.31 bits per heavy atom. The Morgan fingerprint density at radius 2 is 1.64 bits per heavy atom. The maximum atomic E-state index is 13.1. The first-order valence-electron chi connectivity index (χ1n) is 11.4. The van der Waals surface area contributed by atoms with Gasteiger partial charge in [-0.2, -0.15) is 0 Å². The van der Waals surface area contributed by atoms with Gasteiger partial charge >= 0.3 is 5.97 Å². The van der Waals surface area contributed by atoms with Gasteiger partial charge in [-0.1, -0.05) is 17.4 Å². The SMILES string of the molecule is CC(C)Oc1cc(Oc2ccc(S(C)(=O)=O)nc2)cc(C(=O)Nc2ncc(Oc3cccc(C(=O)O)c3)s2)c1. The van der Waals surface area contributed by atoms with Gasteiger partial charge in [0, 0.05) is 17.9 Å². The number of hydrogen-bond donors (Lipinski definition) is 2. The Labute approximate surface area is 228 Å². The van der Waals surface area contributed by atoms with Crippen molar-refractivity contribution in [2.24, 2.45) is 0 Å². The number of benzene rings is 2. The van der Waals surface area contributed by atoms with E-state index < -0.39 is 21.7 Å². The van der Waals surface area contributed by atoms with Crippen LogP contribution < -0.4 is 19.5 Å². The highest BCUT2D eigenvalue weighted by molar-refractivity contribution is 7.90. The monoisotopic (exact) mass is 569 g/mol. The summed E-state index contributed by atoms with van der Waals surface area (Å²) in [5.41, 5.74) is 0.296. The maximum absolute atomic E-state index is 13.1. The molecule has 0 radical (unpaired) electrons. The number of hydrogen-bond acceptors (Lipinski definition) is 10. The van der Waals surface area contributed by atoms with Crippen molar-refractivity contribution in [1.82, 2.24) is 9.97 Å². The largest absolute Gasteiger partial charge is 0.491 e. The molecule has 0 spiro atoms. The van der Waals surface area contributed by atoms with Gasteiger partial charge in [0.2, 0.25) is 5.06 Å². The molecule has 39 heavy (non-hydrogen) atoms. The van der Waals surface area contributed by atoms with Gasteiger partial charge in [0.05, 0.1) is 24.1 Å². The smallest absolute Gasteiger partial charge is 0.335 e. The molecule has 0 aliphatic rings. The predicted molar refractivity (Wildman–Crippen MR) is 143 cm³/mol. The van der Waals surface area contributed by atoms with Crippen molar-refractivity contribution in [3.05, 3.63) is 78.1 Å². The van der Waals surface area contributed by atoms with Crippen LogP contribution in [-0.2, 0) is 9.84 Å². The maximum Gasteiger partial charge on any atom is 0.335 e. The fourth-order valence-electron chi connectivity index (χ4n) is 3.23. The summed E-state index contributed by atoms with van der Waals surface area (Å²) in [6.07, 6.45) is 3.57. The van der Waals surface area contributed by atoms with Crippen LogP contribution in [-0.4, -0.2) is 47.7 Å². The molecule has 13 heteroatoms. The molecule has 0 aliphatic carbocycles. The van der Waals surface area contributed by atoms with Crippen molar-refractivity contribution in [2.45, 2.75) is 25.0 Å². The third-order valence-corrected chi connectivity index (χ3v) is 6.64. The standard InChI is InChI=1S/C26H23N3O8S2/c1-15(2)35-20-10-17(11-21(12-20)36-19-7-8-22(27-13-19)39(3,33)34)24(30)29-26-28-14-23(38-26)37-18-6-4-5-16(9-18)25(31)32/h4-15H,1-3H3,(H,31,32)(H,28,29,30). The lowest BCUT2D eigenvalue weighted by molar-refractivity contribution is 0.0696. The molecule has 1 amide bonds. The minimum absolute atomic E-state index is 0.0779. The van der Waals surface area contributed by atoms with Crippen LogP contribution in [0, 0.1) is 0 Å². The lowest BCUT2D eigenvalue weighted by atomic mass is 10.2. The zero-order chi connectivity index (χ0) is 28.2. The molecule has 0 saturated heterocycles. The van der Waals surface area contributed by atoms with Gasteiger partial charge in [0.1, 0.15) is 23.0 Å². The van der Waals surface area contributed by atoms with Crippen LogP contribution >= 0.6 is 11.3 Å². The van der Waals surface area contributed by atoms with Crippen molar-refractivity contribution in [2.75, 3.05) is 11.6 Å². The quantitative estimate of drug-likeness (QED) is 0.258. The van der Waals surface area contributed by atoms with Crippen molar-refractivity contribution in [1.29, 1.82) is 0 Å². The Hall–Kier alpha value is -4.49. The fraction of sp³-hybridized carbons (Fsp3) is 0.154. The topological polar surface area (TPSA) is 154 Å². The van der Waals surface area contributed by atoms with Crippen LogP contribution in [0.1, 0.15) is 34.6 Å². The number of amides is 1. The van der Waals surface area contributed by atoms with Crippen LogP contribution in [0.25, 0.3) is 0 Å². The third-order valence-electron chi connectivity index (χ3n) is 4.84. The van der Waals surface area contributed by atoms with E-state index in [9.17, 15) is 18.0 Å². The normalized spacial score (nSPS) is 11.2. The number of nitrogens with zero attached hydrogens (tertiary/aromatic N) is 2.